The molecule has 1 aromatic carbocycles. The molecule has 3 nitrogen and oxygen atoms in total. The monoisotopic (exact) mass is 312 g/mol. The Labute approximate surface area is 134 Å². The van der Waals surface area contributed by atoms with Crippen molar-refractivity contribution in [1.82, 2.24) is 5.32 Å². The van der Waals surface area contributed by atoms with Gasteiger partial charge in [-0.15, -0.1) is 0 Å². The van der Waals surface area contributed by atoms with Gasteiger partial charge in [-0.05, 0) is 25.0 Å². The second-order valence-corrected chi connectivity index (χ2v) is 6.13. The van der Waals surface area contributed by atoms with Crippen molar-refractivity contribution in [2.75, 3.05) is 25.2 Å². The van der Waals surface area contributed by atoms with E-state index >= 15 is 0 Å². The highest BCUT2D eigenvalue weighted by Gasteiger charge is 2.19. The van der Waals surface area contributed by atoms with Crippen molar-refractivity contribution in [2.45, 2.75) is 52.7 Å². The number of hydrogen-bond acceptors (Lipinski definition) is 3. The van der Waals surface area contributed by atoms with E-state index < -0.39 is 0 Å². The smallest absolute Gasteiger partial charge is 0.0643 e. The summed E-state index contributed by atoms with van der Waals surface area (Å²) in [5, 5.41) is 4.30. The first kappa shape index (κ1) is 18.3. The third kappa shape index (κ3) is 5.50. The molecular formula is C17H29ClN2O. The molecule has 0 amide bonds. The molecule has 0 spiro atoms. The van der Waals surface area contributed by atoms with Gasteiger partial charge in [0.1, 0.15) is 0 Å². The normalized spacial score (nSPS) is 12.7. The summed E-state index contributed by atoms with van der Waals surface area (Å²) >= 11 is 6.51. The average molecular weight is 313 g/mol. The van der Waals surface area contributed by atoms with Crippen LogP contribution in [0.15, 0.2) is 18.2 Å². The maximum Gasteiger partial charge on any atom is 0.0643 e. The Hall–Kier alpha value is -0.770. The molecule has 0 bridgehead atoms. The van der Waals surface area contributed by atoms with Gasteiger partial charge in [0.2, 0.25) is 0 Å². The minimum Gasteiger partial charge on any atom is -0.383 e. The number of hydrogen-bond donors (Lipinski definition) is 1. The molecule has 0 fully saturated rings. The highest BCUT2D eigenvalue weighted by atomic mass is 35.5. The zero-order valence-corrected chi connectivity index (χ0v) is 14.7. The number of methoxy groups -OCH3 is 1. The summed E-state index contributed by atoms with van der Waals surface area (Å²) in [5.74, 6) is 0. The van der Waals surface area contributed by atoms with Crippen LogP contribution in [0, 0.1) is 0 Å². The summed E-state index contributed by atoms with van der Waals surface area (Å²) in [4.78, 5) is 2.36. The van der Waals surface area contributed by atoms with Gasteiger partial charge in [-0.3, -0.25) is 0 Å². The lowest BCUT2D eigenvalue weighted by Crippen LogP contribution is -2.37. The van der Waals surface area contributed by atoms with E-state index in [1.807, 2.05) is 12.1 Å². The van der Waals surface area contributed by atoms with Crippen LogP contribution in [0.2, 0.25) is 5.02 Å². The van der Waals surface area contributed by atoms with Crippen molar-refractivity contribution in [2.24, 2.45) is 0 Å². The van der Waals surface area contributed by atoms with Gasteiger partial charge in [0.15, 0.2) is 0 Å². The zero-order valence-electron chi connectivity index (χ0n) is 13.9. The van der Waals surface area contributed by atoms with Crippen LogP contribution in [0.4, 0.5) is 5.69 Å². The van der Waals surface area contributed by atoms with Crippen molar-refractivity contribution >= 4 is 17.3 Å². The van der Waals surface area contributed by atoms with E-state index in [9.17, 15) is 0 Å². The van der Waals surface area contributed by atoms with E-state index in [2.05, 4.69) is 44.0 Å². The molecule has 0 aromatic heterocycles. The Kier molecular flexibility index (Phi) is 8.09. The number of rotatable bonds is 9. The summed E-state index contributed by atoms with van der Waals surface area (Å²) in [5.41, 5.74) is 2.38. The number of halogens is 1. The molecule has 0 saturated heterocycles. The van der Waals surface area contributed by atoms with Crippen LogP contribution in [0.3, 0.4) is 0 Å². The van der Waals surface area contributed by atoms with Crippen molar-refractivity contribution in [1.29, 1.82) is 0 Å². The van der Waals surface area contributed by atoms with Crippen molar-refractivity contribution in [3.8, 4) is 0 Å². The standard InChI is InChI=1S/C17H29ClN2O/c1-6-14(4)20(10-11-21-5)17-15(12-19-13(2)3)8-7-9-16(17)18/h7-9,13-14,19H,6,10-12H2,1-5H3. The van der Waals surface area contributed by atoms with E-state index in [0.717, 1.165) is 30.2 Å². The Morgan fingerprint density at radius 3 is 2.57 bits per heavy atom. The first-order chi connectivity index (χ1) is 10.0. The largest absolute Gasteiger partial charge is 0.383 e. The third-order valence-electron chi connectivity index (χ3n) is 3.72. The maximum absolute atomic E-state index is 6.51. The third-order valence-corrected chi connectivity index (χ3v) is 4.02. The number of nitrogens with zero attached hydrogens (tertiary/aromatic N) is 1. The molecule has 0 aliphatic heterocycles. The van der Waals surface area contributed by atoms with Crippen LogP contribution in [0.25, 0.3) is 0 Å². The molecule has 21 heavy (non-hydrogen) atoms. The number of benzene rings is 1. The molecule has 0 saturated carbocycles. The van der Waals surface area contributed by atoms with Gasteiger partial charge in [0, 0.05) is 32.3 Å². The van der Waals surface area contributed by atoms with Gasteiger partial charge in [-0.2, -0.15) is 0 Å². The second kappa shape index (κ2) is 9.29. The van der Waals surface area contributed by atoms with E-state index in [1.165, 1.54) is 5.56 Å². The summed E-state index contributed by atoms with van der Waals surface area (Å²) in [6, 6.07) is 7.02. The Morgan fingerprint density at radius 2 is 2.00 bits per heavy atom. The lowest BCUT2D eigenvalue weighted by Gasteiger charge is -2.33. The molecule has 1 atom stereocenters. The van der Waals surface area contributed by atoms with Gasteiger partial charge in [-0.25, -0.2) is 0 Å². The number of ether oxygens (including phenoxy) is 1. The number of anilines is 1. The van der Waals surface area contributed by atoms with Crippen molar-refractivity contribution < 1.29 is 4.74 Å². The molecule has 1 unspecified atom stereocenters. The summed E-state index contributed by atoms with van der Waals surface area (Å²) in [6.07, 6.45) is 1.08. The van der Waals surface area contributed by atoms with E-state index in [-0.39, 0.29) is 0 Å². The second-order valence-electron chi connectivity index (χ2n) is 5.73. The minimum absolute atomic E-state index is 0.429. The summed E-state index contributed by atoms with van der Waals surface area (Å²) in [7, 11) is 1.74. The van der Waals surface area contributed by atoms with Crippen LogP contribution in [0.5, 0.6) is 0 Å². The fraction of sp³-hybridized carbons (Fsp3) is 0.647. The zero-order chi connectivity index (χ0) is 15.8. The average Bonchev–Trinajstić information content (AvgIpc) is 2.46. The Morgan fingerprint density at radius 1 is 1.29 bits per heavy atom. The Balaban J connectivity index is 3.08. The van der Waals surface area contributed by atoms with Gasteiger partial charge >= 0.3 is 0 Å². The van der Waals surface area contributed by atoms with Crippen LogP contribution < -0.4 is 10.2 Å². The highest BCUT2D eigenvalue weighted by Crippen LogP contribution is 2.32. The lowest BCUT2D eigenvalue weighted by atomic mass is 10.1. The van der Waals surface area contributed by atoms with E-state index in [0.29, 0.717) is 18.7 Å². The van der Waals surface area contributed by atoms with Gasteiger partial charge in [0.25, 0.3) is 0 Å². The summed E-state index contributed by atoms with van der Waals surface area (Å²) < 4.78 is 5.27. The molecular weight excluding hydrogens is 284 g/mol. The number of nitrogens with one attached hydrogen (secondary N) is 1. The molecule has 1 aromatic rings. The summed E-state index contributed by atoms with van der Waals surface area (Å²) in [6.45, 7) is 11.1. The fourth-order valence-electron chi connectivity index (χ4n) is 2.30. The molecule has 4 heteroatoms. The van der Waals surface area contributed by atoms with Crippen LogP contribution in [0.1, 0.15) is 39.7 Å². The van der Waals surface area contributed by atoms with Crippen LogP contribution >= 0.6 is 11.6 Å². The topological polar surface area (TPSA) is 24.5 Å². The van der Waals surface area contributed by atoms with Crippen molar-refractivity contribution in [3.63, 3.8) is 0 Å². The molecule has 0 aliphatic carbocycles. The maximum atomic E-state index is 6.51. The van der Waals surface area contributed by atoms with E-state index in [1.54, 1.807) is 7.11 Å². The molecule has 120 valence electrons. The molecule has 0 heterocycles. The lowest BCUT2D eigenvalue weighted by molar-refractivity contribution is 0.203. The fourth-order valence-corrected chi connectivity index (χ4v) is 2.60. The predicted molar refractivity (Wildman–Crippen MR) is 92.4 cm³/mol. The predicted octanol–water partition coefficient (Wildman–Crippen LogP) is 4.09. The van der Waals surface area contributed by atoms with Gasteiger partial charge in [0.05, 0.1) is 17.3 Å². The highest BCUT2D eigenvalue weighted by molar-refractivity contribution is 6.33. The molecule has 1 rings (SSSR count). The van der Waals surface area contributed by atoms with E-state index in [4.69, 9.17) is 16.3 Å². The molecule has 1 N–H and O–H groups in total. The molecule has 0 aliphatic rings. The first-order valence-corrected chi connectivity index (χ1v) is 8.15. The Bertz CT molecular complexity index is 423. The van der Waals surface area contributed by atoms with Crippen molar-refractivity contribution in [3.05, 3.63) is 28.8 Å². The first-order valence-electron chi connectivity index (χ1n) is 7.77. The molecule has 0 radical (unpaired) electrons. The van der Waals surface area contributed by atoms with Gasteiger partial charge < -0.3 is 15.0 Å². The quantitative estimate of drug-likeness (QED) is 0.743. The number of para-hydroxylation sites is 1. The minimum atomic E-state index is 0.429. The SMILES string of the molecule is CCC(C)N(CCOC)c1c(Cl)cccc1CNC(C)C. The van der Waals surface area contributed by atoms with Crippen LogP contribution in [-0.2, 0) is 11.3 Å². The van der Waals surface area contributed by atoms with Gasteiger partial charge in [-0.1, -0.05) is 44.5 Å². The van der Waals surface area contributed by atoms with Crippen LogP contribution in [-0.4, -0.2) is 32.3 Å².